The minimum Gasteiger partial charge on any atom is -0.375 e. The Balaban J connectivity index is 0.00000220. The van der Waals surface area contributed by atoms with Gasteiger partial charge in [0.15, 0.2) is 0 Å². The molecule has 0 radical (unpaired) electrons. The van der Waals surface area contributed by atoms with Crippen LogP contribution in [0.5, 0.6) is 0 Å². The van der Waals surface area contributed by atoms with E-state index in [1.807, 2.05) is 18.2 Å². The maximum atomic E-state index is 12.0. The zero-order valence-electron chi connectivity index (χ0n) is 12.7. The van der Waals surface area contributed by atoms with E-state index in [4.69, 9.17) is 4.74 Å². The van der Waals surface area contributed by atoms with E-state index < -0.39 is 0 Å². The van der Waals surface area contributed by atoms with E-state index >= 15 is 0 Å². The molecule has 0 bridgehead atoms. The number of benzene rings is 1. The Kier molecular flexibility index (Phi) is 7.15. The van der Waals surface area contributed by atoms with Gasteiger partial charge >= 0.3 is 0 Å². The molecule has 21 heavy (non-hydrogen) atoms. The molecule has 1 fully saturated rings. The van der Waals surface area contributed by atoms with Crippen molar-refractivity contribution >= 4 is 18.3 Å². The molecule has 0 spiro atoms. The number of halogens is 1. The van der Waals surface area contributed by atoms with Gasteiger partial charge in [-0.1, -0.05) is 44.2 Å². The van der Waals surface area contributed by atoms with E-state index in [0.29, 0.717) is 19.6 Å². The molecule has 0 aliphatic carbocycles. The first-order valence-electron chi connectivity index (χ1n) is 7.22. The highest BCUT2D eigenvalue weighted by Crippen LogP contribution is 2.21. The number of hydrogen-bond donors (Lipinski definition) is 2. The van der Waals surface area contributed by atoms with Gasteiger partial charge in [0, 0.05) is 25.0 Å². The second-order valence-electron chi connectivity index (χ2n) is 5.93. The molecule has 1 aliphatic rings. The van der Waals surface area contributed by atoms with Crippen LogP contribution >= 0.6 is 12.4 Å². The van der Waals surface area contributed by atoms with Crippen molar-refractivity contribution in [2.45, 2.75) is 31.8 Å². The van der Waals surface area contributed by atoms with Crippen LogP contribution in [0.2, 0.25) is 0 Å². The van der Waals surface area contributed by atoms with Crippen LogP contribution < -0.4 is 10.6 Å². The lowest BCUT2D eigenvalue weighted by molar-refractivity contribution is -0.124. The van der Waals surface area contributed by atoms with Crippen molar-refractivity contribution in [3.8, 4) is 0 Å². The molecule has 1 heterocycles. The standard InChI is InChI=1S/C16H24N2O2.ClH/c1-16(2,13-6-4-3-5-7-13)12-18-15(19)10-14-11-17-8-9-20-14;/h3-7,14,17H,8-12H2,1-2H3,(H,18,19);1H. The number of nitrogens with one attached hydrogen (secondary N) is 2. The van der Waals surface area contributed by atoms with Crippen LogP contribution in [0.3, 0.4) is 0 Å². The van der Waals surface area contributed by atoms with Gasteiger partial charge in [-0.2, -0.15) is 0 Å². The lowest BCUT2D eigenvalue weighted by Crippen LogP contribution is -2.43. The molecule has 5 heteroatoms. The van der Waals surface area contributed by atoms with Gasteiger partial charge in [-0.3, -0.25) is 4.79 Å². The number of carbonyl (C=O) groups excluding carboxylic acids is 1. The number of rotatable bonds is 5. The fourth-order valence-corrected chi connectivity index (χ4v) is 2.34. The summed E-state index contributed by atoms with van der Waals surface area (Å²) in [7, 11) is 0. The first-order valence-corrected chi connectivity index (χ1v) is 7.22. The third kappa shape index (κ3) is 5.65. The van der Waals surface area contributed by atoms with Crippen molar-refractivity contribution in [2.75, 3.05) is 26.2 Å². The van der Waals surface area contributed by atoms with Crippen LogP contribution in [0.1, 0.15) is 25.8 Å². The third-order valence-electron chi connectivity index (χ3n) is 3.70. The highest BCUT2D eigenvalue weighted by molar-refractivity contribution is 5.85. The van der Waals surface area contributed by atoms with Gasteiger partial charge in [0.25, 0.3) is 0 Å². The van der Waals surface area contributed by atoms with Crippen LogP contribution in [0.4, 0.5) is 0 Å². The number of amides is 1. The Labute approximate surface area is 133 Å². The van der Waals surface area contributed by atoms with Gasteiger partial charge in [0.2, 0.25) is 5.91 Å². The average molecular weight is 313 g/mol. The van der Waals surface area contributed by atoms with Crippen molar-refractivity contribution in [1.29, 1.82) is 0 Å². The molecule has 0 aromatic heterocycles. The van der Waals surface area contributed by atoms with Gasteiger partial charge in [-0.05, 0) is 5.56 Å². The molecule has 2 N–H and O–H groups in total. The van der Waals surface area contributed by atoms with Crippen LogP contribution in [0.25, 0.3) is 0 Å². The van der Waals surface area contributed by atoms with E-state index in [-0.39, 0.29) is 29.8 Å². The summed E-state index contributed by atoms with van der Waals surface area (Å²) in [6.45, 7) is 7.24. The lowest BCUT2D eigenvalue weighted by Gasteiger charge is -2.27. The molecule has 1 atom stereocenters. The maximum Gasteiger partial charge on any atom is 0.222 e. The van der Waals surface area contributed by atoms with Crippen LogP contribution in [0.15, 0.2) is 30.3 Å². The fourth-order valence-electron chi connectivity index (χ4n) is 2.34. The maximum absolute atomic E-state index is 12.0. The molecule has 1 aliphatic heterocycles. The van der Waals surface area contributed by atoms with Crippen molar-refractivity contribution in [1.82, 2.24) is 10.6 Å². The number of morpholine rings is 1. The van der Waals surface area contributed by atoms with Crippen molar-refractivity contribution in [2.24, 2.45) is 0 Å². The predicted molar refractivity (Wildman–Crippen MR) is 87.0 cm³/mol. The number of hydrogen-bond acceptors (Lipinski definition) is 3. The summed E-state index contributed by atoms with van der Waals surface area (Å²) in [6, 6.07) is 10.3. The SMILES string of the molecule is CC(C)(CNC(=O)CC1CNCCO1)c1ccccc1.Cl. The quantitative estimate of drug-likeness (QED) is 0.873. The second-order valence-corrected chi connectivity index (χ2v) is 5.93. The molecule has 1 aromatic carbocycles. The van der Waals surface area contributed by atoms with Gasteiger partial charge in [-0.25, -0.2) is 0 Å². The van der Waals surface area contributed by atoms with Gasteiger partial charge in [0.1, 0.15) is 0 Å². The van der Waals surface area contributed by atoms with Crippen molar-refractivity contribution in [3.05, 3.63) is 35.9 Å². The lowest BCUT2D eigenvalue weighted by atomic mass is 9.84. The Bertz CT molecular complexity index is 431. The van der Waals surface area contributed by atoms with Crippen molar-refractivity contribution in [3.63, 3.8) is 0 Å². The van der Waals surface area contributed by atoms with Gasteiger partial charge < -0.3 is 15.4 Å². The van der Waals surface area contributed by atoms with Crippen LogP contribution in [-0.2, 0) is 14.9 Å². The largest absolute Gasteiger partial charge is 0.375 e. The molecule has 2 rings (SSSR count). The highest BCUT2D eigenvalue weighted by Gasteiger charge is 2.22. The summed E-state index contributed by atoms with van der Waals surface area (Å²) < 4.78 is 5.54. The first kappa shape index (κ1) is 18.0. The van der Waals surface area contributed by atoms with Crippen LogP contribution in [0, 0.1) is 0 Å². The summed E-state index contributed by atoms with van der Waals surface area (Å²) in [5.74, 6) is 0.0581. The molecule has 1 unspecified atom stereocenters. The molecule has 4 nitrogen and oxygen atoms in total. The predicted octanol–water partition coefficient (Wildman–Crippen LogP) is 1.88. The molecule has 118 valence electrons. The average Bonchev–Trinajstić information content (AvgIpc) is 2.47. The van der Waals surface area contributed by atoms with Crippen LogP contribution in [-0.4, -0.2) is 38.3 Å². The minimum atomic E-state index is -0.0669. The highest BCUT2D eigenvalue weighted by atomic mass is 35.5. The van der Waals surface area contributed by atoms with Gasteiger partial charge in [-0.15, -0.1) is 12.4 Å². The molecule has 1 amide bonds. The van der Waals surface area contributed by atoms with Gasteiger partial charge in [0.05, 0.1) is 19.1 Å². The Morgan fingerprint density at radius 1 is 1.38 bits per heavy atom. The summed E-state index contributed by atoms with van der Waals surface area (Å²) >= 11 is 0. The Hall–Kier alpha value is -1.10. The first-order chi connectivity index (χ1) is 9.58. The number of ether oxygens (including phenoxy) is 1. The second kappa shape index (κ2) is 8.37. The zero-order chi connectivity index (χ0) is 14.4. The van der Waals surface area contributed by atoms with E-state index in [9.17, 15) is 4.79 Å². The monoisotopic (exact) mass is 312 g/mol. The Morgan fingerprint density at radius 3 is 2.71 bits per heavy atom. The van der Waals surface area contributed by atoms with E-state index in [1.165, 1.54) is 5.56 Å². The third-order valence-corrected chi connectivity index (χ3v) is 3.70. The molecule has 1 aromatic rings. The molecule has 0 saturated carbocycles. The van der Waals surface area contributed by atoms with E-state index in [1.54, 1.807) is 0 Å². The molecule has 1 saturated heterocycles. The van der Waals surface area contributed by atoms with Crippen molar-refractivity contribution < 1.29 is 9.53 Å². The summed E-state index contributed by atoms with van der Waals surface area (Å²) in [4.78, 5) is 12.0. The van der Waals surface area contributed by atoms with E-state index in [2.05, 4.69) is 36.6 Å². The zero-order valence-corrected chi connectivity index (χ0v) is 13.5. The summed E-state index contributed by atoms with van der Waals surface area (Å²) in [5.41, 5.74) is 1.17. The number of carbonyl (C=O) groups is 1. The minimum absolute atomic E-state index is 0. The summed E-state index contributed by atoms with van der Waals surface area (Å²) in [6.07, 6.45) is 0.432. The molecular formula is C16H25ClN2O2. The smallest absolute Gasteiger partial charge is 0.222 e. The fraction of sp³-hybridized carbons (Fsp3) is 0.562. The Morgan fingerprint density at radius 2 is 2.10 bits per heavy atom. The topological polar surface area (TPSA) is 50.4 Å². The van der Waals surface area contributed by atoms with E-state index in [0.717, 1.165) is 13.1 Å². The molecular weight excluding hydrogens is 288 g/mol. The normalized spacial score (nSPS) is 18.7. The summed E-state index contributed by atoms with van der Waals surface area (Å²) in [5, 5.41) is 6.26.